The van der Waals surface area contributed by atoms with E-state index in [-0.39, 0.29) is 18.7 Å². The third kappa shape index (κ3) is 4.79. The zero-order valence-corrected chi connectivity index (χ0v) is 13.8. The van der Waals surface area contributed by atoms with E-state index in [0.717, 1.165) is 4.90 Å². The zero-order chi connectivity index (χ0) is 19.2. The second-order valence-corrected chi connectivity index (χ2v) is 6.70. The van der Waals surface area contributed by atoms with Crippen LogP contribution in [0.1, 0.15) is 37.7 Å². The van der Waals surface area contributed by atoms with Gasteiger partial charge in [0, 0.05) is 24.2 Å². The summed E-state index contributed by atoms with van der Waals surface area (Å²) in [6, 6.07) is 0. The summed E-state index contributed by atoms with van der Waals surface area (Å²) in [5.41, 5.74) is -2.83. The van der Waals surface area contributed by atoms with E-state index < -0.39 is 48.4 Å². The molecular formula is C14H17F6N3O2. The number of alkyl halides is 6. The van der Waals surface area contributed by atoms with E-state index in [1.54, 1.807) is 20.8 Å². The van der Waals surface area contributed by atoms with Crippen LogP contribution in [0.4, 0.5) is 31.1 Å². The van der Waals surface area contributed by atoms with E-state index >= 15 is 0 Å². The highest BCUT2D eigenvalue weighted by Crippen LogP contribution is 2.36. The van der Waals surface area contributed by atoms with Gasteiger partial charge in [0.2, 0.25) is 0 Å². The molecule has 0 aliphatic carbocycles. The van der Waals surface area contributed by atoms with Gasteiger partial charge in [-0.15, -0.1) is 0 Å². The van der Waals surface area contributed by atoms with Crippen LogP contribution in [0.25, 0.3) is 0 Å². The molecule has 142 valence electrons. The number of halogens is 6. The van der Waals surface area contributed by atoms with Crippen molar-refractivity contribution in [2.45, 2.75) is 58.2 Å². The molecule has 1 aliphatic heterocycles. The monoisotopic (exact) mass is 373 g/mol. The van der Waals surface area contributed by atoms with Crippen molar-refractivity contribution in [3.05, 3.63) is 17.0 Å². The van der Waals surface area contributed by atoms with Crippen LogP contribution in [0.2, 0.25) is 0 Å². The van der Waals surface area contributed by atoms with Crippen molar-refractivity contribution >= 4 is 6.09 Å². The van der Waals surface area contributed by atoms with Crippen molar-refractivity contribution in [3.63, 3.8) is 0 Å². The Bertz CT molecular complexity index is 657. The topological polar surface area (TPSA) is 47.4 Å². The molecule has 0 unspecified atom stereocenters. The summed E-state index contributed by atoms with van der Waals surface area (Å²) in [5, 5.41) is 3.11. The van der Waals surface area contributed by atoms with Crippen LogP contribution < -0.4 is 0 Å². The average Bonchev–Trinajstić information content (AvgIpc) is 2.72. The van der Waals surface area contributed by atoms with Gasteiger partial charge >= 0.3 is 18.4 Å². The number of fused-ring (bicyclic) bond motifs is 1. The lowest BCUT2D eigenvalue weighted by molar-refractivity contribution is -0.149. The number of carbonyl (C=O) groups is 1. The molecule has 0 saturated heterocycles. The highest BCUT2D eigenvalue weighted by atomic mass is 19.4. The molecule has 0 N–H and O–H groups in total. The number of nitrogens with zero attached hydrogens (tertiary/aromatic N) is 3. The van der Waals surface area contributed by atoms with Crippen molar-refractivity contribution in [1.82, 2.24) is 14.7 Å². The first-order valence-electron chi connectivity index (χ1n) is 7.38. The van der Waals surface area contributed by atoms with Gasteiger partial charge < -0.3 is 9.64 Å². The molecule has 0 aromatic carbocycles. The van der Waals surface area contributed by atoms with Gasteiger partial charge in [0.05, 0.1) is 6.54 Å². The molecule has 0 atom stereocenters. The van der Waals surface area contributed by atoms with Crippen LogP contribution in [0, 0.1) is 0 Å². The minimum atomic E-state index is -4.92. The zero-order valence-electron chi connectivity index (χ0n) is 13.8. The predicted octanol–water partition coefficient (Wildman–Crippen LogP) is 3.76. The van der Waals surface area contributed by atoms with Crippen LogP contribution in [0.3, 0.4) is 0 Å². The lowest BCUT2D eigenvalue weighted by Gasteiger charge is -2.30. The first-order chi connectivity index (χ1) is 11.2. The first kappa shape index (κ1) is 19.4. The highest BCUT2D eigenvalue weighted by Gasteiger charge is 2.43. The van der Waals surface area contributed by atoms with E-state index in [1.807, 2.05) is 0 Å². The quantitative estimate of drug-likeness (QED) is 0.705. The number of rotatable bonds is 1. The Kier molecular flexibility index (Phi) is 4.73. The minimum absolute atomic E-state index is 0.0528. The van der Waals surface area contributed by atoms with Gasteiger partial charge in [0.15, 0.2) is 5.69 Å². The molecule has 0 bridgehead atoms. The van der Waals surface area contributed by atoms with Gasteiger partial charge in [-0.25, -0.2) is 4.79 Å². The summed E-state index contributed by atoms with van der Waals surface area (Å²) in [7, 11) is 0. The van der Waals surface area contributed by atoms with E-state index in [0.29, 0.717) is 4.68 Å². The second-order valence-electron chi connectivity index (χ2n) is 6.70. The van der Waals surface area contributed by atoms with E-state index in [9.17, 15) is 31.1 Å². The van der Waals surface area contributed by atoms with E-state index in [4.69, 9.17) is 4.74 Å². The predicted molar refractivity (Wildman–Crippen MR) is 73.6 cm³/mol. The molecule has 1 aliphatic rings. The largest absolute Gasteiger partial charge is 0.444 e. The van der Waals surface area contributed by atoms with Crippen molar-refractivity contribution in [1.29, 1.82) is 0 Å². The summed E-state index contributed by atoms with van der Waals surface area (Å²) in [6.07, 6.45) is -10.6. The normalized spacial score (nSPS) is 16.0. The van der Waals surface area contributed by atoms with Gasteiger partial charge in [-0.3, -0.25) is 4.68 Å². The van der Waals surface area contributed by atoms with Gasteiger partial charge in [-0.1, -0.05) is 0 Å². The lowest BCUT2D eigenvalue weighted by Crippen LogP contribution is -2.40. The summed E-state index contributed by atoms with van der Waals surface area (Å²) in [4.78, 5) is 13.1. The van der Waals surface area contributed by atoms with Crippen molar-refractivity contribution in [2.24, 2.45) is 0 Å². The molecule has 25 heavy (non-hydrogen) atoms. The SMILES string of the molecule is CC(C)(C)OC(=O)N1CCc2c(c(C(F)(F)F)nn2CC(F)(F)F)C1. The standard InChI is InChI=1S/C14H17F6N3O2/c1-12(2,3)25-11(24)22-5-4-9-8(6-22)10(14(18,19)20)21-23(9)7-13(15,16)17/h4-7H2,1-3H3. The second kappa shape index (κ2) is 6.10. The van der Waals surface area contributed by atoms with Gasteiger partial charge in [0.25, 0.3) is 0 Å². The molecule has 5 nitrogen and oxygen atoms in total. The Labute approximate surface area is 139 Å². The Morgan fingerprint density at radius 3 is 2.24 bits per heavy atom. The fourth-order valence-electron chi connectivity index (χ4n) is 2.50. The van der Waals surface area contributed by atoms with Crippen molar-refractivity contribution in [3.8, 4) is 0 Å². The smallest absolute Gasteiger partial charge is 0.435 e. The molecule has 0 saturated carbocycles. The molecule has 0 fully saturated rings. The van der Waals surface area contributed by atoms with Gasteiger partial charge in [-0.2, -0.15) is 31.4 Å². The van der Waals surface area contributed by atoms with Crippen LogP contribution in [-0.2, 0) is 30.4 Å². The molecule has 11 heteroatoms. The number of ether oxygens (including phenoxy) is 1. The Balaban J connectivity index is 2.35. The van der Waals surface area contributed by atoms with Crippen LogP contribution in [0.5, 0.6) is 0 Å². The maximum Gasteiger partial charge on any atom is 0.435 e. The summed E-state index contributed by atoms with van der Waals surface area (Å²) < 4.78 is 82.6. The van der Waals surface area contributed by atoms with Crippen LogP contribution >= 0.6 is 0 Å². The molecule has 1 aromatic heterocycles. The summed E-state index contributed by atoms with van der Waals surface area (Å²) in [5.74, 6) is 0. The van der Waals surface area contributed by atoms with E-state index in [1.165, 1.54) is 0 Å². The van der Waals surface area contributed by atoms with Crippen LogP contribution in [-0.4, -0.2) is 39.1 Å². The highest BCUT2D eigenvalue weighted by molar-refractivity contribution is 5.68. The first-order valence-corrected chi connectivity index (χ1v) is 7.38. The summed E-state index contributed by atoms with van der Waals surface area (Å²) in [6.45, 7) is 2.63. The number of carbonyl (C=O) groups excluding carboxylic acids is 1. The number of hydrogen-bond acceptors (Lipinski definition) is 3. The summed E-state index contributed by atoms with van der Waals surface area (Å²) >= 11 is 0. The Hall–Kier alpha value is -1.94. The molecule has 2 heterocycles. The fraction of sp³-hybridized carbons (Fsp3) is 0.714. The average molecular weight is 373 g/mol. The molecular weight excluding hydrogens is 356 g/mol. The molecule has 1 aromatic rings. The lowest BCUT2D eigenvalue weighted by atomic mass is 10.1. The molecule has 0 radical (unpaired) electrons. The number of amides is 1. The number of hydrogen-bond donors (Lipinski definition) is 0. The maximum absolute atomic E-state index is 13.1. The number of aromatic nitrogens is 2. The van der Waals surface area contributed by atoms with Crippen molar-refractivity contribution < 1.29 is 35.9 Å². The molecule has 0 spiro atoms. The van der Waals surface area contributed by atoms with Crippen molar-refractivity contribution in [2.75, 3.05) is 6.54 Å². The minimum Gasteiger partial charge on any atom is -0.444 e. The Morgan fingerprint density at radius 1 is 1.16 bits per heavy atom. The fourth-order valence-corrected chi connectivity index (χ4v) is 2.50. The third-order valence-electron chi connectivity index (χ3n) is 3.38. The molecule has 1 amide bonds. The van der Waals surface area contributed by atoms with Crippen LogP contribution in [0.15, 0.2) is 0 Å². The van der Waals surface area contributed by atoms with Gasteiger partial charge in [0.1, 0.15) is 12.1 Å². The maximum atomic E-state index is 13.1. The third-order valence-corrected chi connectivity index (χ3v) is 3.38. The van der Waals surface area contributed by atoms with E-state index in [2.05, 4.69) is 5.10 Å². The Morgan fingerprint density at radius 2 is 1.76 bits per heavy atom. The van der Waals surface area contributed by atoms with Gasteiger partial charge in [-0.05, 0) is 20.8 Å². The molecule has 2 rings (SSSR count).